The number of hydrogen-bond donors (Lipinski definition) is 0. The van der Waals surface area contributed by atoms with Crippen molar-refractivity contribution >= 4 is 11.6 Å². The van der Waals surface area contributed by atoms with Gasteiger partial charge in [-0.1, -0.05) is 6.07 Å². The van der Waals surface area contributed by atoms with Crippen LogP contribution >= 0.6 is 0 Å². The number of ether oxygens (including phenoxy) is 1. The molecule has 3 heterocycles. The standard InChI is InChI=1S/C20H27N5O2/c1-14-12-24(20(26)16-5-4-6-17(11-16)23(2)3)13-18-21-22-19(25(14)18)15-7-9-27-10-8-15/h4-6,11,14-15H,7-10,12-13H2,1-3H3/t14-/m0/s1. The number of aromatic nitrogens is 3. The average Bonchev–Trinajstić information content (AvgIpc) is 3.13. The van der Waals surface area contributed by atoms with Gasteiger partial charge in [0, 0.05) is 51.0 Å². The molecule has 0 N–H and O–H groups in total. The molecule has 0 radical (unpaired) electrons. The lowest BCUT2D eigenvalue weighted by Gasteiger charge is -2.34. The van der Waals surface area contributed by atoms with E-state index in [0.29, 0.717) is 24.6 Å². The lowest BCUT2D eigenvalue weighted by molar-refractivity contribution is 0.0669. The van der Waals surface area contributed by atoms with Crippen LogP contribution in [0.15, 0.2) is 24.3 Å². The van der Waals surface area contributed by atoms with Crippen molar-refractivity contribution in [3.8, 4) is 0 Å². The summed E-state index contributed by atoms with van der Waals surface area (Å²) in [5, 5.41) is 8.91. The molecule has 7 heteroatoms. The summed E-state index contributed by atoms with van der Waals surface area (Å²) in [6, 6.07) is 7.93. The number of fused-ring (bicyclic) bond motifs is 1. The smallest absolute Gasteiger partial charge is 0.254 e. The van der Waals surface area contributed by atoms with E-state index >= 15 is 0 Å². The minimum atomic E-state index is 0.0485. The summed E-state index contributed by atoms with van der Waals surface area (Å²) in [6.45, 7) is 4.89. The molecule has 1 amide bonds. The third-order valence-corrected chi connectivity index (χ3v) is 5.53. The number of carbonyl (C=O) groups is 1. The summed E-state index contributed by atoms with van der Waals surface area (Å²) < 4.78 is 7.72. The molecule has 0 spiro atoms. The lowest BCUT2D eigenvalue weighted by atomic mass is 9.98. The lowest BCUT2D eigenvalue weighted by Crippen LogP contribution is -2.41. The molecule has 144 valence electrons. The molecule has 7 nitrogen and oxygen atoms in total. The highest BCUT2D eigenvalue weighted by atomic mass is 16.5. The summed E-state index contributed by atoms with van der Waals surface area (Å²) in [5.41, 5.74) is 1.74. The van der Waals surface area contributed by atoms with Crippen molar-refractivity contribution in [3.63, 3.8) is 0 Å². The molecule has 1 aromatic carbocycles. The zero-order chi connectivity index (χ0) is 19.0. The normalized spacial score (nSPS) is 20.4. The molecule has 1 atom stereocenters. The molecular formula is C20H27N5O2. The second kappa shape index (κ2) is 7.31. The Morgan fingerprint density at radius 3 is 2.74 bits per heavy atom. The van der Waals surface area contributed by atoms with Crippen LogP contribution in [0.3, 0.4) is 0 Å². The Morgan fingerprint density at radius 2 is 2.00 bits per heavy atom. The molecule has 0 saturated carbocycles. The second-order valence-electron chi connectivity index (χ2n) is 7.71. The van der Waals surface area contributed by atoms with E-state index in [1.165, 1.54) is 0 Å². The average molecular weight is 369 g/mol. The molecule has 1 saturated heterocycles. The fourth-order valence-corrected chi connectivity index (χ4v) is 4.05. The number of rotatable bonds is 3. The van der Waals surface area contributed by atoms with Crippen LogP contribution in [0.25, 0.3) is 0 Å². The zero-order valence-electron chi connectivity index (χ0n) is 16.3. The number of carbonyl (C=O) groups excluding carboxylic acids is 1. The molecule has 2 aliphatic heterocycles. The van der Waals surface area contributed by atoms with Gasteiger partial charge < -0.3 is 19.1 Å². The number of amides is 1. The van der Waals surface area contributed by atoms with Crippen molar-refractivity contribution in [2.24, 2.45) is 0 Å². The fraction of sp³-hybridized carbons (Fsp3) is 0.550. The Morgan fingerprint density at radius 1 is 1.22 bits per heavy atom. The third kappa shape index (κ3) is 3.43. The highest BCUT2D eigenvalue weighted by molar-refractivity contribution is 5.95. The Balaban J connectivity index is 1.56. The van der Waals surface area contributed by atoms with Crippen molar-refractivity contribution in [1.82, 2.24) is 19.7 Å². The Labute approximate surface area is 159 Å². The summed E-state index contributed by atoms with van der Waals surface area (Å²) in [4.78, 5) is 17.0. The van der Waals surface area contributed by atoms with E-state index in [1.54, 1.807) is 0 Å². The van der Waals surface area contributed by atoms with Crippen LogP contribution in [0.2, 0.25) is 0 Å². The molecule has 0 unspecified atom stereocenters. The molecule has 4 rings (SSSR count). The largest absolute Gasteiger partial charge is 0.381 e. The van der Waals surface area contributed by atoms with Crippen LogP contribution in [-0.4, -0.2) is 59.4 Å². The molecule has 27 heavy (non-hydrogen) atoms. The van der Waals surface area contributed by atoms with E-state index in [9.17, 15) is 4.79 Å². The highest BCUT2D eigenvalue weighted by Crippen LogP contribution is 2.31. The number of anilines is 1. The van der Waals surface area contributed by atoms with Gasteiger partial charge in [0.15, 0.2) is 5.82 Å². The number of hydrogen-bond acceptors (Lipinski definition) is 5. The van der Waals surface area contributed by atoms with Gasteiger partial charge in [-0.15, -0.1) is 10.2 Å². The first-order valence-corrected chi connectivity index (χ1v) is 9.62. The summed E-state index contributed by atoms with van der Waals surface area (Å²) in [5.74, 6) is 2.39. The first-order valence-electron chi connectivity index (χ1n) is 9.62. The second-order valence-corrected chi connectivity index (χ2v) is 7.71. The summed E-state index contributed by atoms with van der Waals surface area (Å²) >= 11 is 0. The van der Waals surface area contributed by atoms with Crippen LogP contribution in [0.1, 0.15) is 53.7 Å². The van der Waals surface area contributed by atoms with E-state index < -0.39 is 0 Å². The van der Waals surface area contributed by atoms with Gasteiger partial charge in [-0.25, -0.2) is 0 Å². The van der Waals surface area contributed by atoms with Gasteiger partial charge in [0.1, 0.15) is 5.82 Å². The third-order valence-electron chi connectivity index (χ3n) is 5.53. The number of benzene rings is 1. The zero-order valence-corrected chi connectivity index (χ0v) is 16.3. The van der Waals surface area contributed by atoms with Crippen LogP contribution in [0, 0.1) is 0 Å². The van der Waals surface area contributed by atoms with E-state index in [0.717, 1.165) is 43.4 Å². The highest BCUT2D eigenvalue weighted by Gasteiger charge is 2.32. The molecule has 0 bridgehead atoms. The maximum absolute atomic E-state index is 13.1. The van der Waals surface area contributed by atoms with Crippen molar-refractivity contribution in [2.75, 3.05) is 38.8 Å². The van der Waals surface area contributed by atoms with Crippen molar-refractivity contribution in [2.45, 2.75) is 38.3 Å². The first-order chi connectivity index (χ1) is 13.0. The van der Waals surface area contributed by atoms with Crippen molar-refractivity contribution < 1.29 is 9.53 Å². The monoisotopic (exact) mass is 369 g/mol. The molecular weight excluding hydrogens is 342 g/mol. The van der Waals surface area contributed by atoms with Gasteiger partial charge in [0.2, 0.25) is 0 Å². The first kappa shape index (κ1) is 18.0. The summed E-state index contributed by atoms with van der Waals surface area (Å²) in [7, 11) is 3.96. The van der Waals surface area contributed by atoms with E-state index in [1.807, 2.05) is 48.2 Å². The van der Waals surface area contributed by atoms with E-state index in [-0.39, 0.29) is 11.9 Å². The molecule has 0 aliphatic carbocycles. The molecule has 2 aliphatic rings. The maximum Gasteiger partial charge on any atom is 0.254 e. The predicted molar refractivity (Wildman–Crippen MR) is 103 cm³/mol. The molecule has 1 fully saturated rings. The van der Waals surface area contributed by atoms with E-state index in [2.05, 4.69) is 21.7 Å². The SMILES string of the molecule is C[C@H]1CN(C(=O)c2cccc(N(C)C)c2)Cc2nnc(C3CCOCC3)n21. The predicted octanol–water partition coefficient (Wildman–Crippen LogP) is 2.46. The van der Waals surface area contributed by atoms with Gasteiger partial charge in [-0.2, -0.15) is 0 Å². The Kier molecular flexibility index (Phi) is 4.86. The van der Waals surface area contributed by atoms with Crippen LogP contribution < -0.4 is 4.90 Å². The molecule has 1 aromatic heterocycles. The van der Waals surface area contributed by atoms with Gasteiger partial charge in [-0.3, -0.25) is 4.79 Å². The Hall–Kier alpha value is -2.41. The Bertz CT molecular complexity index is 826. The maximum atomic E-state index is 13.1. The van der Waals surface area contributed by atoms with Gasteiger partial charge in [0.05, 0.1) is 12.6 Å². The van der Waals surface area contributed by atoms with Gasteiger partial charge in [-0.05, 0) is 38.0 Å². The van der Waals surface area contributed by atoms with Crippen LogP contribution in [0.4, 0.5) is 5.69 Å². The molecule has 2 aromatic rings. The summed E-state index contributed by atoms with van der Waals surface area (Å²) in [6.07, 6.45) is 1.98. The minimum absolute atomic E-state index is 0.0485. The topological polar surface area (TPSA) is 63.5 Å². The fourth-order valence-electron chi connectivity index (χ4n) is 4.05. The number of nitrogens with zero attached hydrogens (tertiary/aromatic N) is 5. The quantitative estimate of drug-likeness (QED) is 0.832. The van der Waals surface area contributed by atoms with E-state index in [4.69, 9.17) is 4.74 Å². The van der Waals surface area contributed by atoms with Crippen molar-refractivity contribution in [1.29, 1.82) is 0 Å². The minimum Gasteiger partial charge on any atom is -0.381 e. The van der Waals surface area contributed by atoms with Gasteiger partial charge in [0.25, 0.3) is 5.91 Å². The van der Waals surface area contributed by atoms with Crippen LogP contribution in [-0.2, 0) is 11.3 Å². The van der Waals surface area contributed by atoms with Crippen LogP contribution in [0.5, 0.6) is 0 Å². The van der Waals surface area contributed by atoms with Gasteiger partial charge >= 0.3 is 0 Å². The van der Waals surface area contributed by atoms with Crippen molar-refractivity contribution in [3.05, 3.63) is 41.5 Å².